The van der Waals surface area contributed by atoms with Crippen LogP contribution in [0.4, 0.5) is 0 Å². The average Bonchev–Trinajstić information content (AvgIpc) is 3.27. The number of aromatic nitrogens is 1. The highest BCUT2D eigenvalue weighted by molar-refractivity contribution is 5.98. The molecule has 3 saturated heterocycles. The molecule has 0 aliphatic carbocycles. The van der Waals surface area contributed by atoms with E-state index in [0.29, 0.717) is 12.1 Å². The fourth-order valence-electron chi connectivity index (χ4n) is 5.76. The van der Waals surface area contributed by atoms with Crippen LogP contribution in [0, 0.1) is 0 Å². The molecule has 6 heteroatoms. The molecule has 0 unspecified atom stereocenters. The highest BCUT2D eigenvalue weighted by Gasteiger charge is 2.43. The Balaban J connectivity index is 1.18. The van der Waals surface area contributed by atoms with Crippen LogP contribution in [0.3, 0.4) is 0 Å². The Morgan fingerprint density at radius 3 is 2.61 bits per heavy atom. The smallest absolute Gasteiger partial charge is 0.253 e. The number of aromatic amines is 1. The van der Waals surface area contributed by atoms with Gasteiger partial charge in [0.25, 0.3) is 5.91 Å². The molecule has 1 amide bonds. The quantitative estimate of drug-likeness (QED) is 0.821. The lowest BCUT2D eigenvalue weighted by atomic mass is 9.81. The van der Waals surface area contributed by atoms with Crippen molar-refractivity contribution in [3.63, 3.8) is 0 Å². The van der Waals surface area contributed by atoms with Crippen molar-refractivity contribution in [2.45, 2.75) is 57.2 Å². The van der Waals surface area contributed by atoms with E-state index in [1.165, 1.54) is 26.2 Å². The first-order valence-electron chi connectivity index (χ1n) is 12.0. The van der Waals surface area contributed by atoms with Gasteiger partial charge in [0.15, 0.2) is 0 Å². The van der Waals surface area contributed by atoms with E-state index in [-0.39, 0.29) is 11.5 Å². The highest BCUT2D eigenvalue weighted by atomic mass is 16.5. The maximum Gasteiger partial charge on any atom is 0.253 e. The van der Waals surface area contributed by atoms with Crippen LogP contribution in [0.25, 0.3) is 10.9 Å². The summed E-state index contributed by atoms with van der Waals surface area (Å²) in [5.41, 5.74) is 1.75. The SMILES string of the molecule is CC(C)N1CCN([C@@H]2CCOC3(CCN(C(=O)c4ccc5cc[nH]c5c4)CC3)C2)CC1. The number of fused-ring (bicyclic) bond motifs is 1. The molecule has 0 saturated carbocycles. The van der Waals surface area contributed by atoms with E-state index in [2.05, 4.69) is 28.6 Å². The molecule has 3 fully saturated rings. The number of rotatable bonds is 3. The Bertz CT molecular complexity index is 907. The molecule has 1 aromatic carbocycles. The number of carbonyl (C=O) groups excluding carboxylic acids is 1. The van der Waals surface area contributed by atoms with Gasteiger partial charge in [-0.25, -0.2) is 0 Å². The fourth-order valence-corrected chi connectivity index (χ4v) is 5.76. The number of ether oxygens (including phenoxy) is 1. The van der Waals surface area contributed by atoms with Crippen molar-refractivity contribution in [1.29, 1.82) is 0 Å². The summed E-state index contributed by atoms with van der Waals surface area (Å²) in [5, 5.41) is 1.14. The van der Waals surface area contributed by atoms with Crippen molar-refractivity contribution in [1.82, 2.24) is 19.7 Å². The first-order chi connectivity index (χ1) is 15.0. The standard InChI is InChI=1S/C25H36N4O2/c1-19(2)27-12-14-28(15-13-27)22-6-16-31-25(18-22)7-10-29(11-8-25)24(30)21-4-3-20-5-9-26-23(20)17-21/h3-5,9,17,19,22,26H,6-8,10-16,18H2,1-2H3/t22-/m1/s1. The van der Waals surface area contributed by atoms with Gasteiger partial charge in [0.2, 0.25) is 0 Å². The number of benzene rings is 1. The van der Waals surface area contributed by atoms with Gasteiger partial charge in [0.1, 0.15) is 0 Å². The van der Waals surface area contributed by atoms with Gasteiger partial charge in [-0.3, -0.25) is 14.6 Å². The minimum absolute atomic E-state index is 0.0434. The second-order valence-corrected chi connectivity index (χ2v) is 9.92. The van der Waals surface area contributed by atoms with Crippen LogP contribution in [0.5, 0.6) is 0 Å². The van der Waals surface area contributed by atoms with Crippen LogP contribution in [0.1, 0.15) is 49.9 Å². The monoisotopic (exact) mass is 424 g/mol. The third-order valence-corrected chi connectivity index (χ3v) is 7.83. The molecule has 1 N–H and O–H groups in total. The second kappa shape index (κ2) is 8.57. The molecule has 0 bridgehead atoms. The Kier molecular flexibility index (Phi) is 5.80. The number of nitrogens with zero attached hydrogens (tertiary/aromatic N) is 3. The van der Waals surface area contributed by atoms with Crippen LogP contribution < -0.4 is 0 Å². The molecular formula is C25H36N4O2. The van der Waals surface area contributed by atoms with Crippen molar-refractivity contribution in [3.05, 3.63) is 36.0 Å². The van der Waals surface area contributed by atoms with E-state index in [1.54, 1.807) is 0 Å². The number of piperidine rings is 1. The maximum atomic E-state index is 13.1. The van der Waals surface area contributed by atoms with E-state index in [9.17, 15) is 4.79 Å². The molecule has 31 heavy (non-hydrogen) atoms. The number of hydrogen-bond acceptors (Lipinski definition) is 4. The highest BCUT2D eigenvalue weighted by Crippen LogP contribution is 2.37. The number of hydrogen-bond donors (Lipinski definition) is 1. The van der Waals surface area contributed by atoms with Gasteiger partial charge in [-0.05, 0) is 63.1 Å². The number of amides is 1. The van der Waals surface area contributed by atoms with Gasteiger partial charge in [-0.1, -0.05) is 6.07 Å². The van der Waals surface area contributed by atoms with Crippen molar-refractivity contribution >= 4 is 16.8 Å². The number of piperazine rings is 1. The van der Waals surface area contributed by atoms with Crippen molar-refractivity contribution < 1.29 is 9.53 Å². The fraction of sp³-hybridized carbons (Fsp3) is 0.640. The molecule has 1 spiro atoms. The molecule has 168 valence electrons. The topological polar surface area (TPSA) is 51.8 Å². The molecule has 1 atom stereocenters. The van der Waals surface area contributed by atoms with Crippen molar-refractivity contribution in [3.8, 4) is 0 Å². The number of H-pyrrole nitrogens is 1. The summed E-state index contributed by atoms with van der Waals surface area (Å²) in [7, 11) is 0. The van der Waals surface area contributed by atoms with E-state index in [0.717, 1.165) is 61.8 Å². The Morgan fingerprint density at radius 1 is 1.10 bits per heavy atom. The summed E-state index contributed by atoms with van der Waals surface area (Å²) < 4.78 is 6.39. The molecule has 6 nitrogen and oxygen atoms in total. The molecule has 2 aromatic rings. The third-order valence-electron chi connectivity index (χ3n) is 7.83. The number of carbonyl (C=O) groups is 1. The van der Waals surface area contributed by atoms with E-state index in [4.69, 9.17) is 4.74 Å². The zero-order chi connectivity index (χ0) is 21.4. The molecule has 3 aliphatic rings. The molecular weight excluding hydrogens is 388 g/mol. The lowest BCUT2D eigenvalue weighted by Crippen LogP contribution is -2.58. The van der Waals surface area contributed by atoms with E-state index >= 15 is 0 Å². The number of likely N-dealkylation sites (tertiary alicyclic amines) is 1. The molecule has 5 rings (SSSR count). The Hall–Kier alpha value is -1.89. The van der Waals surface area contributed by atoms with Crippen molar-refractivity contribution in [2.75, 3.05) is 45.9 Å². The predicted molar refractivity (Wildman–Crippen MR) is 123 cm³/mol. The van der Waals surface area contributed by atoms with E-state index in [1.807, 2.05) is 35.4 Å². The molecule has 3 aliphatic heterocycles. The van der Waals surface area contributed by atoms with E-state index < -0.39 is 0 Å². The maximum absolute atomic E-state index is 13.1. The lowest BCUT2D eigenvalue weighted by Gasteiger charge is -2.50. The predicted octanol–water partition coefficient (Wildman–Crippen LogP) is 3.35. The number of nitrogens with one attached hydrogen (secondary N) is 1. The summed E-state index contributed by atoms with van der Waals surface area (Å²) in [6.45, 7) is 11.7. The summed E-state index contributed by atoms with van der Waals surface area (Å²) in [4.78, 5) is 23.6. The molecule has 1 aromatic heterocycles. The normalized spacial score (nSPS) is 25.5. The van der Waals surface area contributed by atoms with Crippen LogP contribution in [-0.4, -0.2) is 89.2 Å². The largest absolute Gasteiger partial charge is 0.375 e. The zero-order valence-corrected chi connectivity index (χ0v) is 19.0. The van der Waals surface area contributed by atoms with Crippen LogP contribution in [0.2, 0.25) is 0 Å². The second-order valence-electron chi connectivity index (χ2n) is 9.92. The van der Waals surface area contributed by atoms with Gasteiger partial charge in [0, 0.05) is 75.2 Å². The first kappa shape index (κ1) is 21.0. The Labute approximate surface area is 185 Å². The van der Waals surface area contributed by atoms with Gasteiger partial charge in [-0.15, -0.1) is 0 Å². The van der Waals surface area contributed by atoms with Gasteiger partial charge >= 0.3 is 0 Å². The molecule has 4 heterocycles. The van der Waals surface area contributed by atoms with Gasteiger partial charge in [-0.2, -0.15) is 0 Å². The first-order valence-corrected chi connectivity index (χ1v) is 12.0. The van der Waals surface area contributed by atoms with Crippen LogP contribution in [-0.2, 0) is 4.74 Å². The Morgan fingerprint density at radius 2 is 1.87 bits per heavy atom. The van der Waals surface area contributed by atoms with Crippen LogP contribution in [0.15, 0.2) is 30.5 Å². The minimum Gasteiger partial charge on any atom is -0.375 e. The third kappa shape index (κ3) is 4.26. The van der Waals surface area contributed by atoms with Crippen LogP contribution >= 0.6 is 0 Å². The average molecular weight is 425 g/mol. The summed E-state index contributed by atoms with van der Waals surface area (Å²) in [5.74, 6) is 0.142. The lowest BCUT2D eigenvalue weighted by molar-refractivity contribution is -0.132. The summed E-state index contributed by atoms with van der Waals surface area (Å²) in [6, 6.07) is 9.26. The molecule has 0 radical (unpaired) electrons. The zero-order valence-electron chi connectivity index (χ0n) is 19.0. The van der Waals surface area contributed by atoms with Crippen molar-refractivity contribution in [2.24, 2.45) is 0 Å². The van der Waals surface area contributed by atoms with Gasteiger partial charge < -0.3 is 14.6 Å². The summed E-state index contributed by atoms with van der Waals surface area (Å²) >= 11 is 0. The van der Waals surface area contributed by atoms with Gasteiger partial charge in [0.05, 0.1) is 5.60 Å². The summed E-state index contributed by atoms with van der Waals surface area (Å²) in [6.07, 6.45) is 6.08. The minimum atomic E-state index is -0.0434.